The molecule has 1 aliphatic carbocycles. The van der Waals surface area contributed by atoms with E-state index in [-0.39, 0.29) is 5.89 Å². The van der Waals surface area contributed by atoms with E-state index in [1.807, 2.05) is 24.3 Å². The summed E-state index contributed by atoms with van der Waals surface area (Å²) in [5.41, 5.74) is 7.77. The van der Waals surface area contributed by atoms with Crippen molar-refractivity contribution in [1.29, 1.82) is 0 Å². The molecule has 3 aromatic heterocycles. The molecule has 9 nitrogen and oxygen atoms in total. The lowest BCUT2D eigenvalue weighted by atomic mass is 10.1. The smallest absolute Gasteiger partial charge is 0.280 e. The van der Waals surface area contributed by atoms with Gasteiger partial charge in [0.05, 0.1) is 18.2 Å². The van der Waals surface area contributed by atoms with Crippen molar-refractivity contribution in [3.63, 3.8) is 0 Å². The van der Waals surface area contributed by atoms with Gasteiger partial charge in [-0.25, -0.2) is 9.97 Å². The van der Waals surface area contributed by atoms with Crippen LogP contribution in [0.15, 0.2) is 45.6 Å². The fourth-order valence-corrected chi connectivity index (χ4v) is 2.91. The number of nitrogen functional groups attached to an aromatic ring is 1. The van der Waals surface area contributed by atoms with E-state index in [1.54, 1.807) is 19.4 Å². The van der Waals surface area contributed by atoms with E-state index in [0.717, 1.165) is 24.2 Å². The van der Waals surface area contributed by atoms with Crippen molar-refractivity contribution in [2.75, 3.05) is 12.8 Å². The molecule has 1 saturated carbocycles. The van der Waals surface area contributed by atoms with Crippen LogP contribution < -0.4 is 10.5 Å². The van der Waals surface area contributed by atoms with Crippen molar-refractivity contribution in [3.05, 3.63) is 42.4 Å². The molecule has 1 aromatic carbocycles. The topological polar surface area (TPSA) is 126 Å². The third kappa shape index (κ3) is 2.86. The Labute approximate surface area is 159 Å². The third-order valence-electron chi connectivity index (χ3n) is 4.55. The molecule has 0 radical (unpaired) electrons. The zero-order valence-electron chi connectivity index (χ0n) is 15.0. The first kappa shape index (κ1) is 16.4. The molecule has 0 atom stereocenters. The minimum absolute atomic E-state index is 0.213. The molecule has 1 aliphatic rings. The second kappa shape index (κ2) is 6.45. The van der Waals surface area contributed by atoms with E-state index < -0.39 is 0 Å². The highest BCUT2D eigenvalue weighted by atomic mass is 16.5. The van der Waals surface area contributed by atoms with Crippen LogP contribution in [0.3, 0.4) is 0 Å². The van der Waals surface area contributed by atoms with Gasteiger partial charge in [-0.3, -0.25) is 0 Å². The average molecular weight is 376 g/mol. The van der Waals surface area contributed by atoms with Gasteiger partial charge in [0.2, 0.25) is 5.82 Å². The number of hydrogen-bond acceptors (Lipinski definition) is 9. The normalized spacial score (nSPS) is 13.6. The van der Waals surface area contributed by atoms with Crippen LogP contribution in [-0.4, -0.2) is 32.4 Å². The first-order valence-electron chi connectivity index (χ1n) is 8.80. The fourth-order valence-electron chi connectivity index (χ4n) is 2.91. The second-order valence-electron chi connectivity index (χ2n) is 6.50. The summed E-state index contributed by atoms with van der Waals surface area (Å²) < 4.78 is 16.1. The van der Waals surface area contributed by atoms with Gasteiger partial charge in [-0.1, -0.05) is 22.4 Å². The molecule has 28 heavy (non-hydrogen) atoms. The number of para-hydroxylation sites is 1. The Hall–Kier alpha value is -3.75. The summed E-state index contributed by atoms with van der Waals surface area (Å²) in [6.07, 6.45) is 3.84. The van der Waals surface area contributed by atoms with Crippen LogP contribution in [0.1, 0.15) is 24.6 Å². The zero-order chi connectivity index (χ0) is 19.1. The molecule has 3 heterocycles. The van der Waals surface area contributed by atoms with Crippen molar-refractivity contribution in [2.45, 2.75) is 18.8 Å². The molecule has 0 bridgehead atoms. The summed E-state index contributed by atoms with van der Waals surface area (Å²) in [5.74, 6) is 3.24. The average Bonchev–Trinajstić information content (AvgIpc) is 3.25. The van der Waals surface area contributed by atoms with Gasteiger partial charge in [-0.15, -0.1) is 0 Å². The van der Waals surface area contributed by atoms with Crippen LogP contribution in [0.4, 0.5) is 5.82 Å². The Morgan fingerprint density at radius 2 is 1.93 bits per heavy atom. The number of anilines is 1. The predicted octanol–water partition coefficient (Wildman–Crippen LogP) is 3.32. The highest BCUT2D eigenvalue weighted by molar-refractivity contribution is 5.70. The molecule has 9 heteroatoms. The number of hydrogen-bond donors (Lipinski definition) is 1. The Morgan fingerprint density at radius 1 is 1.07 bits per heavy atom. The number of rotatable bonds is 5. The number of methoxy groups -OCH3 is 1. The van der Waals surface area contributed by atoms with Crippen LogP contribution in [0.2, 0.25) is 0 Å². The lowest BCUT2D eigenvalue weighted by molar-refractivity contribution is 0.402. The molecule has 1 fully saturated rings. The molecule has 2 N–H and O–H groups in total. The number of ether oxygens (including phenoxy) is 1. The van der Waals surface area contributed by atoms with E-state index in [9.17, 15) is 0 Å². The predicted molar refractivity (Wildman–Crippen MR) is 99.2 cm³/mol. The summed E-state index contributed by atoms with van der Waals surface area (Å²) in [4.78, 5) is 13.1. The maximum Gasteiger partial charge on any atom is 0.280 e. The summed E-state index contributed by atoms with van der Waals surface area (Å²) in [6, 6.07) is 9.20. The van der Waals surface area contributed by atoms with Crippen LogP contribution in [-0.2, 0) is 0 Å². The van der Waals surface area contributed by atoms with Crippen molar-refractivity contribution < 1.29 is 13.8 Å². The van der Waals surface area contributed by atoms with Crippen LogP contribution in [0, 0.1) is 0 Å². The maximum absolute atomic E-state index is 6.06. The van der Waals surface area contributed by atoms with E-state index in [4.69, 9.17) is 19.5 Å². The van der Waals surface area contributed by atoms with Gasteiger partial charge in [0.15, 0.2) is 11.5 Å². The largest absolute Gasteiger partial charge is 0.496 e. The van der Waals surface area contributed by atoms with Gasteiger partial charge in [0.25, 0.3) is 5.89 Å². The lowest BCUT2D eigenvalue weighted by Crippen LogP contribution is -2.01. The lowest BCUT2D eigenvalue weighted by Gasteiger charge is -2.03. The molecular formula is C19H16N6O3. The molecule has 0 spiro atoms. The van der Waals surface area contributed by atoms with Gasteiger partial charge >= 0.3 is 0 Å². The van der Waals surface area contributed by atoms with Gasteiger partial charge in [-0.2, -0.15) is 4.98 Å². The van der Waals surface area contributed by atoms with E-state index in [2.05, 4.69) is 25.3 Å². The van der Waals surface area contributed by atoms with Crippen molar-refractivity contribution >= 4 is 5.82 Å². The summed E-state index contributed by atoms with van der Waals surface area (Å²) >= 11 is 0. The SMILES string of the molecule is COc1ccccc1-c1cc(-c2nc(-c3cnc(C4CC4)nc3N)no2)no1. The van der Waals surface area contributed by atoms with E-state index >= 15 is 0 Å². The van der Waals surface area contributed by atoms with Gasteiger partial charge in [0, 0.05) is 18.2 Å². The fraction of sp³-hybridized carbons (Fsp3) is 0.211. The molecule has 5 rings (SSSR count). The van der Waals surface area contributed by atoms with Crippen molar-refractivity contribution in [1.82, 2.24) is 25.3 Å². The second-order valence-corrected chi connectivity index (χ2v) is 6.50. The molecule has 0 aliphatic heterocycles. The van der Waals surface area contributed by atoms with Gasteiger partial charge in [0.1, 0.15) is 17.4 Å². The molecular weight excluding hydrogens is 360 g/mol. The Kier molecular flexibility index (Phi) is 3.78. The molecule has 0 amide bonds. The summed E-state index contributed by atoms with van der Waals surface area (Å²) in [5, 5.41) is 8.00. The first-order chi connectivity index (χ1) is 13.7. The van der Waals surface area contributed by atoms with Crippen molar-refractivity contribution in [3.8, 4) is 40.0 Å². The Morgan fingerprint density at radius 3 is 2.71 bits per heavy atom. The van der Waals surface area contributed by atoms with E-state index in [0.29, 0.717) is 40.3 Å². The minimum atomic E-state index is 0.213. The quantitative estimate of drug-likeness (QED) is 0.558. The molecule has 4 aromatic rings. The Balaban J connectivity index is 1.45. The summed E-state index contributed by atoms with van der Waals surface area (Å²) in [7, 11) is 1.60. The number of nitrogens with zero attached hydrogens (tertiary/aromatic N) is 5. The number of aromatic nitrogens is 5. The molecule has 0 unspecified atom stereocenters. The maximum atomic E-state index is 6.06. The molecule has 140 valence electrons. The zero-order valence-corrected chi connectivity index (χ0v) is 15.0. The summed E-state index contributed by atoms with van der Waals surface area (Å²) in [6.45, 7) is 0. The number of benzene rings is 1. The van der Waals surface area contributed by atoms with Crippen LogP contribution in [0.25, 0.3) is 34.3 Å². The minimum Gasteiger partial charge on any atom is -0.496 e. The highest BCUT2D eigenvalue weighted by Gasteiger charge is 2.27. The van der Waals surface area contributed by atoms with Crippen molar-refractivity contribution in [2.24, 2.45) is 0 Å². The highest BCUT2D eigenvalue weighted by Crippen LogP contribution is 2.39. The van der Waals surface area contributed by atoms with Gasteiger partial charge in [-0.05, 0) is 25.0 Å². The van der Waals surface area contributed by atoms with E-state index in [1.165, 1.54) is 0 Å². The Bertz CT molecular complexity index is 1150. The van der Waals surface area contributed by atoms with Gasteiger partial charge < -0.3 is 19.5 Å². The monoisotopic (exact) mass is 376 g/mol. The first-order valence-corrected chi connectivity index (χ1v) is 8.80. The molecule has 0 saturated heterocycles. The van der Waals surface area contributed by atoms with Crippen LogP contribution >= 0.6 is 0 Å². The standard InChI is InChI=1S/C19H16N6O3/c1-26-14-5-3-2-4-11(14)15-8-13(24-27-15)19-23-18(25-28-19)12-9-21-17(10-6-7-10)22-16(12)20/h2-5,8-10H,6-7H2,1H3,(H2,20,21,22). The van der Waals surface area contributed by atoms with Crippen LogP contribution in [0.5, 0.6) is 5.75 Å². The third-order valence-corrected chi connectivity index (χ3v) is 4.55. The number of nitrogens with two attached hydrogens (primary N) is 1.